The van der Waals surface area contributed by atoms with E-state index in [4.69, 9.17) is 0 Å². The molecule has 1 atom stereocenters. The number of benzene rings is 3. The fraction of sp³-hybridized carbons (Fsp3) is 0.222. The van der Waals surface area contributed by atoms with Crippen LogP contribution in [0.15, 0.2) is 72.8 Å². The van der Waals surface area contributed by atoms with Gasteiger partial charge in [0.15, 0.2) is 0 Å². The second kappa shape index (κ2) is 10.1. The Morgan fingerprint density at radius 3 is 2.45 bits per heavy atom. The summed E-state index contributed by atoms with van der Waals surface area (Å²) in [7, 11) is 0. The molecule has 0 spiro atoms. The van der Waals surface area contributed by atoms with E-state index in [-0.39, 0.29) is 17.9 Å². The molecule has 1 aromatic heterocycles. The van der Waals surface area contributed by atoms with Crippen LogP contribution in [0.5, 0.6) is 0 Å². The van der Waals surface area contributed by atoms with Crippen molar-refractivity contribution in [1.82, 2.24) is 15.3 Å². The number of aromatic nitrogens is 2. The molecule has 3 aromatic carbocycles. The Balaban J connectivity index is 1.38. The van der Waals surface area contributed by atoms with Gasteiger partial charge in [-0.25, -0.2) is 4.98 Å². The Hall–Kier alpha value is -3.93. The lowest BCUT2D eigenvalue weighted by molar-refractivity contribution is -0.115. The normalized spacial score (nSPS) is 11.8. The molecule has 0 aliphatic rings. The highest BCUT2D eigenvalue weighted by molar-refractivity contribution is 5.97. The number of aromatic amines is 1. The van der Waals surface area contributed by atoms with Crippen LogP contribution < -0.4 is 10.6 Å². The summed E-state index contributed by atoms with van der Waals surface area (Å²) < 4.78 is 0. The van der Waals surface area contributed by atoms with Gasteiger partial charge in [0.05, 0.1) is 17.1 Å². The van der Waals surface area contributed by atoms with Crippen LogP contribution >= 0.6 is 0 Å². The number of nitrogens with zero attached hydrogens (tertiary/aromatic N) is 1. The van der Waals surface area contributed by atoms with Crippen molar-refractivity contribution in [2.24, 2.45) is 0 Å². The fourth-order valence-electron chi connectivity index (χ4n) is 3.69. The summed E-state index contributed by atoms with van der Waals surface area (Å²) in [6, 6.07) is 23.2. The van der Waals surface area contributed by atoms with E-state index in [1.807, 2.05) is 86.6 Å². The van der Waals surface area contributed by atoms with Gasteiger partial charge in [-0.1, -0.05) is 49.4 Å². The molecule has 0 aliphatic heterocycles. The van der Waals surface area contributed by atoms with E-state index in [2.05, 4.69) is 20.6 Å². The Bertz CT molecular complexity index is 1250. The number of amides is 2. The van der Waals surface area contributed by atoms with Crippen LogP contribution in [0.4, 0.5) is 5.69 Å². The van der Waals surface area contributed by atoms with E-state index in [0.29, 0.717) is 12.0 Å². The molecule has 1 unspecified atom stereocenters. The average Bonchev–Trinajstić information content (AvgIpc) is 3.26. The maximum absolute atomic E-state index is 12.7. The molecular weight excluding hydrogens is 412 g/mol. The third-order valence-electron chi connectivity index (χ3n) is 5.65. The van der Waals surface area contributed by atoms with E-state index >= 15 is 0 Å². The van der Waals surface area contributed by atoms with Gasteiger partial charge in [-0.05, 0) is 54.8 Å². The summed E-state index contributed by atoms with van der Waals surface area (Å²) in [6.07, 6.45) is 2.04. The van der Waals surface area contributed by atoms with Crippen LogP contribution in [0.3, 0.4) is 0 Å². The van der Waals surface area contributed by atoms with E-state index in [0.717, 1.165) is 41.0 Å². The Labute approximate surface area is 193 Å². The second-order valence-corrected chi connectivity index (χ2v) is 8.12. The molecular formula is C27H28N4O2. The number of hydrogen-bond donors (Lipinski definition) is 3. The van der Waals surface area contributed by atoms with Crippen LogP contribution in [0.1, 0.15) is 53.6 Å². The average molecular weight is 441 g/mol. The first-order valence-electron chi connectivity index (χ1n) is 11.2. The minimum absolute atomic E-state index is 0.00704. The van der Waals surface area contributed by atoms with E-state index in [9.17, 15) is 9.59 Å². The van der Waals surface area contributed by atoms with Crippen LogP contribution in [0.25, 0.3) is 11.0 Å². The maximum atomic E-state index is 12.7. The Morgan fingerprint density at radius 2 is 1.73 bits per heavy atom. The number of carbonyl (C=O) groups is 2. The van der Waals surface area contributed by atoms with E-state index < -0.39 is 0 Å². The molecule has 168 valence electrons. The van der Waals surface area contributed by atoms with Gasteiger partial charge in [0, 0.05) is 24.1 Å². The number of anilines is 1. The van der Waals surface area contributed by atoms with Crippen molar-refractivity contribution in [2.75, 3.05) is 5.32 Å². The molecule has 6 nitrogen and oxygen atoms in total. The number of H-pyrrole nitrogens is 1. The molecule has 4 aromatic rings. The van der Waals surface area contributed by atoms with Crippen LogP contribution in [0.2, 0.25) is 0 Å². The van der Waals surface area contributed by atoms with Crippen molar-refractivity contribution in [3.05, 3.63) is 95.3 Å². The molecule has 0 aliphatic carbocycles. The zero-order valence-corrected chi connectivity index (χ0v) is 18.9. The quantitative estimate of drug-likeness (QED) is 0.352. The lowest BCUT2D eigenvalue weighted by Crippen LogP contribution is -2.26. The third-order valence-corrected chi connectivity index (χ3v) is 5.65. The highest BCUT2D eigenvalue weighted by Crippen LogP contribution is 2.18. The molecule has 6 heteroatoms. The largest absolute Gasteiger partial charge is 0.346 e. The zero-order chi connectivity index (χ0) is 23.2. The second-order valence-electron chi connectivity index (χ2n) is 8.12. The molecule has 0 saturated carbocycles. The first-order valence-corrected chi connectivity index (χ1v) is 11.2. The van der Waals surface area contributed by atoms with Crippen molar-refractivity contribution in [3.63, 3.8) is 0 Å². The van der Waals surface area contributed by atoms with Gasteiger partial charge in [0.25, 0.3) is 5.91 Å². The lowest BCUT2D eigenvalue weighted by Gasteiger charge is -2.14. The Kier molecular flexibility index (Phi) is 6.83. The standard InChI is InChI=1S/C27H28N4O2/c1-3-26(32)29-22-13-9-19(10-14-22)11-16-25-30-23-15-12-21(17-24(23)31-25)27(33)28-18(2)20-7-5-4-6-8-20/h4-10,12-15,17-18H,3,11,16H2,1-2H3,(H,28,33)(H,29,32)(H,30,31). The number of rotatable bonds is 8. The minimum atomic E-state index is -0.111. The monoisotopic (exact) mass is 440 g/mol. The van der Waals surface area contributed by atoms with Gasteiger partial charge < -0.3 is 15.6 Å². The van der Waals surface area contributed by atoms with Gasteiger partial charge in [0.1, 0.15) is 5.82 Å². The molecule has 1 heterocycles. The zero-order valence-electron chi connectivity index (χ0n) is 18.9. The molecule has 3 N–H and O–H groups in total. The number of carbonyl (C=O) groups excluding carboxylic acids is 2. The predicted octanol–water partition coefficient (Wildman–Crippen LogP) is 5.19. The summed E-state index contributed by atoms with van der Waals surface area (Å²) in [4.78, 5) is 32.2. The summed E-state index contributed by atoms with van der Waals surface area (Å²) in [5.41, 5.74) is 5.33. The smallest absolute Gasteiger partial charge is 0.251 e. The topological polar surface area (TPSA) is 86.9 Å². The van der Waals surface area contributed by atoms with Crippen LogP contribution in [-0.4, -0.2) is 21.8 Å². The molecule has 0 fully saturated rings. The molecule has 0 radical (unpaired) electrons. The first kappa shape index (κ1) is 22.3. The third kappa shape index (κ3) is 5.66. The van der Waals surface area contributed by atoms with Gasteiger partial charge in [0.2, 0.25) is 5.91 Å². The van der Waals surface area contributed by atoms with Crippen molar-refractivity contribution in [1.29, 1.82) is 0 Å². The van der Waals surface area contributed by atoms with E-state index in [1.165, 1.54) is 5.56 Å². The first-order chi connectivity index (χ1) is 16.0. The van der Waals surface area contributed by atoms with Crippen LogP contribution in [0, 0.1) is 0 Å². The fourth-order valence-corrected chi connectivity index (χ4v) is 3.69. The van der Waals surface area contributed by atoms with Crippen molar-refractivity contribution < 1.29 is 9.59 Å². The molecule has 4 rings (SSSR count). The number of aryl methyl sites for hydroxylation is 2. The minimum Gasteiger partial charge on any atom is -0.346 e. The van der Waals surface area contributed by atoms with Crippen LogP contribution in [-0.2, 0) is 17.6 Å². The lowest BCUT2D eigenvalue weighted by atomic mass is 10.1. The summed E-state index contributed by atoms with van der Waals surface area (Å²) in [6.45, 7) is 3.81. The summed E-state index contributed by atoms with van der Waals surface area (Å²) in [5, 5.41) is 5.91. The van der Waals surface area contributed by atoms with Crippen molar-refractivity contribution in [2.45, 2.75) is 39.2 Å². The van der Waals surface area contributed by atoms with Gasteiger partial charge in [-0.15, -0.1) is 0 Å². The van der Waals surface area contributed by atoms with Gasteiger partial charge in [-0.2, -0.15) is 0 Å². The van der Waals surface area contributed by atoms with Crippen molar-refractivity contribution >= 4 is 28.5 Å². The number of imidazole rings is 1. The van der Waals surface area contributed by atoms with E-state index in [1.54, 1.807) is 0 Å². The van der Waals surface area contributed by atoms with Crippen molar-refractivity contribution in [3.8, 4) is 0 Å². The highest BCUT2D eigenvalue weighted by Gasteiger charge is 2.13. The van der Waals surface area contributed by atoms with Gasteiger partial charge in [-0.3, -0.25) is 9.59 Å². The maximum Gasteiger partial charge on any atom is 0.251 e. The predicted molar refractivity (Wildman–Crippen MR) is 131 cm³/mol. The molecule has 0 saturated heterocycles. The number of nitrogens with one attached hydrogen (secondary N) is 3. The molecule has 2 amide bonds. The molecule has 33 heavy (non-hydrogen) atoms. The Morgan fingerprint density at radius 1 is 0.970 bits per heavy atom. The number of fused-ring (bicyclic) bond motifs is 1. The molecule has 0 bridgehead atoms. The highest BCUT2D eigenvalue weighted by atomic mass is 16.2. The van der Waals surface area contributed by atoms with Gasteiger partial charge >= 0.3 is 0 Å². The number of hydrogen-bond acceptors (Lipinski definition) is 3. The summed E-state index contributed by atoms with van der Waals surface area (Å²) in [5.74, 6) is 0.774. The summed E-state index contributed by atoms with van der Waals surface area (Å²) >= 11 is 0. The SMILES string of the molecule is CCC(=O)Nc1ccc(CCc2nc3ccc(C(=O)NC(C)c4ccccc4)cc3[nH]2)cc1.